The number of rotatable bonds is 7. The van der Waals surface area contributed by atoms with Gasteiger partial charge in [-0.2, -0.15) is 0 Å². The van der Waals surface area contributed by atoms with E-state index in [2.05, 4.69) is 41.4 Å². The van der Waals surface area contributed by atoms with Crippen LogP contribution in [0.25, 0.3) is 0 Å². The molecule has 0 aromatic carbocycles. The van der Waals surface area contributed by atoms with Crippen LogP contribution in [0, 0.1) is 0 Å². The van der Waals surface area contributed by atoms with Gasteiger partial charge in [-0.3, -0.25) is 14.5 Å². The maximum atomic E-state index is 11.8. The van der Waals surface area contributed by atoms with Crippen LogP contribution < -0.4 is 16.0 Å². The van der Waals surface area contributed by atoms with Crippen LogP contribution in [0.2, 0.25) is 0 Å². The van der Waals surface area contributed by atoms with Gasteiger partial charge in [0.25, 0.3) is 5.91 Å². The second-order valence-corrected chi connectivity index (χ2v) is 5.13. The Hall–Kier alpha value is -3.56. The smallest absolute Gasteiger partial charge is 0.273 e. The zero-order valence-electron chi connectivity index (χ0n) is 13.5. The molecule has 3 rings (SSSR count). The van der Waals surface area contributed by atoms with Gasteiger partial charge in [-0.25, -0.2) is 0 Å². The summed E-state index contributed by atoms with van der Waals surface area (Å²) in [4.78, 5) is 15.8. The van der Waals surface area contributed by atoms with Gasteiger partial charge in [-0.15, -0.1) is 15.3 Å². The lowest BCUT2D eigenvalue weighted by atomic mass is 10.4. The van der Waals surface area contributed by atoms with Gasteiger partial charge >= 0.3 is 0 Å². The van der Waals surface area contributed by atoms with Crippen molar-refractivity contribution in [3.8, 4) is 0 Å². The Labute approximate surface area is 143 Å². The molecule has 0 saturated heterocycles. The molecule has 1 amide bonds. The van der Waals surface area contributed by atoms with E-state index in [1.165, 1.54) is 4.68 Å². The molecule has 3 N–H and O–H groups in total. The third-order valence-corrected chi connectivity index (χ3v) is 3.15. The molecule has 0 spiro atoms. The standard InChI is InChI=1S/C15H17N9O/c1-24-10-12(20-23-24)15(25)18-8-7-17-13-4-5-14(22-21-13)19-11-3-2-6-16-9-11/h2-6,9-10H,7-8H2,1H3,(H,17,21)(H,18,25)(H,19,22). The fourth-order valence-electron chi connectivity index (χ4n) is 1.99. The summed E-state index contributed by atoms with van der Waals surface area (Å²) in [6.07, 6.45) is 4.96. The van der Waals surface area contributed by atoms with Crippen molar-refractivity contribution in [2.24, 2.45) is 7.05 Å². The number of aryl methyl sites for hydroxylation is 1. The van der Waals surface area contributed by atoms with E-state index in [0.29, 0.717) is 24.7 Å². The van der Waals surface area contributed by atoms with E-state index in [9.17, 15) is 4.79 Å². The highest BCUT2D eigenvalue weighted by Crippen LogP contribution is 2.12. The van der Waals surface area contributed by atoms with Crippen molar-refractivity contribution in [2.75, 3.05) is 23.7 Å². The van der Waals surface area contributed by atoms with Crippen LogP contribution in [0.1, 0.15) is 10.5 Å². The highest BCUT2D eigenvalue weighted by atomic mass is 16.2. The third kappa shape index (κ3) is 4.70. The van der Waals surface area contributed by atoms with Crippen LogP contribution in [0.3, 0.4) is 0 Å². The predicted molar refractivity (Wildman–Crippen MR) is 91.4 cm³/mol. The summed E-state index contributed by atoms with van der Waals surface area (Å²) in [5, 5.41) is 24.5. The zero-order valence-corrected chi connectivity index (χ0v) is 13.5. The molecule has 10 heteroatoms. The van der Waals surface area contributed by atoms with Gasteiger partial charge in [0.05, 0.1) is 18.1 Å². The number of amides is 1. The lowest BCUT2D eigenvalue weighted by Gasteiger charge is -2.07. The van der Waals surface area contributed by atoms with Crippen molar-refractivity contribution in [3.05, 3.63) is 48.5 Å². The number of hydrogen-bond donors (Lipinski definition) is 3. The lowest BCUT2D eigenvalue weighted by molar-refractivity contribution is 0.0950. The van der Waals surface area contributed by atoms with Crippen LogP contribution >= 0.6 is 0 Å². The Balaban J connectivity index is 1.42. The van der Waals surface area contributed by atoms with Crippen molar-refractivity contribution < 1.29 is 4.79 Å². The molecule has 0 aliphatic heterocycles. The molecule has 3 heterocycles. The third-order valence-electron chi connectivity index (χ3n) is 3.15. The normalized spacial score (nSPS) is 10.3. The average Bonchev–Trinajstić information content (AvgIpc) is 3.07. The summed E-state index contributed by atoms with van der Waals surface area (Å²) in [6.45, 7) is 0.933. The van der Waals surface area contributed by atoms with Crippen LogP contribution in [0.5, 0.6) is 0 Å². The molecule has 0 aliphatic carbocycles. The summed E-state index contributed by atoms with van der Waals surface area (Å²) in [5.74, 6) is 0.969. The Kier molecular flexibility index (Phi) is 5.10. The quantitative estimate of drug-likeness (QED) is 0.534. The molecule has 0 aliphatic rings. The summed E-state index contributed by atoms with van der Waals surface area (Å²) >= 11 is 0. The molecule has 0 radical (unpaired) electrons. The first-order chi connectivity index (χ1) is 12.2. The van der Waals surface area contributed by atoms with E-state index in [-0.39, 0.29) is 11.6 Å². The van der Waals surface area contributed by atoms with E-state index >= 15 is 0 Å². The predicted octanol–water partition coefficient (Wildman–Crippen LogP) is 0.586. The van der Waals surface area contributed by atoms with Crippen LogP contribution in [0.15, 0.2) is 42.9 Å². The van der Waals surface area contributed by atoms with E-state index in [0.717, 1.165) is 5.69 Å². The first-order valence-corrected chi connectivity index (χ1v) is 7.60. The molecule has 0 unspecified atom stereocenters. The van der Waals surface area contributed by atoms with E-state index in [1.54, 1.807) is 37.8 Å². The Morgan fingerprint density at radius 3 is 2.64 bits per heavy atom. The number of hydrogen-bond acceptors (Lipinski definition) is 8. The second kappa shape index (κ2) is 7.81. The SMILES string of the molecule is Cn1cc(C(=O)NCCNc2ccc(Nc3cccnc3)nn2)nn1. The first-order valence-electron chi connectivity index (χ1n) is 7.60. The Morgan fingerprint density at radius 1 is 1.12 bits per heavy atom. The summed E-state index contributed by atoms with van der Waals surface area (Å²) < 4.78 is 1.48. The largest absolute Gasteiger partial charge is 0.367 e. The molecule has 3 aromatic rings. The number of nitrogens with one attached hydrogen (secondary N) is 3. The molecule has 25 heavy (non-hydrogen) atoms. The van der Waals surface area contributed by atoms with E-state index in [4.69, 9.17) is 0 Å². The molecule has 3 aromatic heterocycles. The minimum Gasteiger partial charge on any atom is -0.367 e. The lowest BCUT2D eigenvalue weighted by Crippen LogP contribution is -2.29. The summed E-state index contributed by atoms with van der Waals surface area (Å²) in [6, 6.07) is 7.33. The maximum absolute atomic E-state index is 11.8. The summed E-state index contributed by atoms with van der Waals surface area (Å²) in [7, 11) is 1.71. The van der Waals surface area contributed by atoms with Crippen molar-refractivity contribution in [1.29, 1.82) is 0 Å². The highest BCUT2D eigenvalue weighted by Gasteiger charge is 2.08. The number of carbonyl (C=O) groups excluding carboxylic acids is 1. The molecule has 0 bridgehead atoms. The second-order valence-electron chi connectivity index (χ2n) is 5.13. The molecule has 10 nitrogen and oxygen atoms in total. The molecule has 0 fully saturated rings. The minimum absolute atomic E-state index is 0.267. The topological polar surface area (TPSA) is 123 Å². The molecule has 0 saturated carbocycles. The van der Waals surface area contributed by atoms with Crippen molar-refractivity contribution in [2.45, 2.75) is 0 Å². The number of carbonyl (C=O) groups is 1. The summed E-state index contributed by atoms with van der Waals surface area (Å²) in [5.41, 5.74) is 1.12. The fourth-order valence-corrected chi connectivity index (χ4v) is 1.99. The van der Waals surface area contributed by atoms with Gasteiger partial charge < -0.3 is 16.0 Å². The zero-order chi connectivity index (χ0) is 17.5. The van der Waals surface area contributed by atoms with Gasteiger partial charge in [-0.05, 0) is 24.3 Å². The van der Waals surface area contributed by atoms with Gasteiger partial charge in [-0.1, -0.05) is 5.21 Å². The van der Waals surface area contributed by atoms with Gasteiger partial charge in [0.15, 0.2) is 11.5 Å². The van der Waals surface area contributed by atoms with Gasteiger partial charge in [0.2, 0.25) is 0 Å². The molecular formula is C15H17N9O. The van der Waals surface area contributed by atoms with Crippen molar-refractivity contribution in [3.63, 3.8) is 0 Å². The van der Waals surface area contributed by atoms with Crippen LogP contribution in [-0.4, -0.2) is 49.2 Å². The van der Waals surface area contributed by atoms with E-state index in [1.807, 2.05) is 12.1 Å². The number of pyridine rings is 1. The number of anilines is 3. The van der Waals surface area contributed by atoms with Crippen LogP contribution in [0.4, 0.5) is 17.3 Å². The van der Waals surface area contributed by atoms with Gasteiger partial charge in [0.1, 0.15) is 5.82 Å². The molecule has 128 valence electrons. The Bertz CT molecular complexity index is 817. The Morgan fingerprint density at radius 2 is 1.96 bits per heavy atom. The first kappa shape index (κ1) is 16.3. The molecule has 0 atom stereocenters. The average molecular weight is 339 g/mol. The monoisotopic (exact) mass is 339 g/mol. The maximum Gasteiger partial charge on any atom is 0.273 e. The molecular weight excluding hydrogens is 322 g/mol. The van der Waals surface area contributed by atoms with Crippen LogP contribution in [-0.2, 0) is 7.05 Å². The van der Waals surface area contributed by atoms with E-state index < -0.39 is 0 Å². The minimum atomic E-state index is -0.267. The highest BCUT2D eigenvalue weighted by molar-refractivity contribution is 5.91. The van der Waals surface area contributed by atoms with Crippen molar-refractivity contribution >= 4 is 23.2 Å². The van der Waals surface area contributed by atoms with Gasteiger partial charge in [0, 0.05) is 26.3 Å². The number of nitrogens with zero attached hydrogens (tertiary/aromatic N) is 6. The van der Waals surface area contributed by atoms with Crippen molar-refractivity contribution in [1.82, 2.24) is 35.5 Å². The fraction of sp³-hybridized carbons (Fsp3) is 0.200. The number of aromatic nitrogens is 6.